The first kappa shape index (κ1) is 9.74. The monoisotopic (exact) mass is 215 g/mol. The van der Waals surface area contributed by atoms with E-state index in [2.05, 4.69) is 26.8 Å². The first-order valence-corrected chi connectivity index (χ1v) is 4.22. The number of aryl methyl sites for hydroxylation is 1. The van der Waals surface area contributed by atoms with E-state index in [1.165, 1.54) is 11.6 Å². The van der Waals surface area contributed by atoms with Crippen LogP contribution in [-0.2, 0) is 7.05 Å². The minimum atomic E-state index is -0.560. The Morgan fingerprint density at radius 1 is 1.38 bits per heavy atom. The Labute approximate surface area is 88.4 Å². The maximum atomic E-state index is 11.4. The molecule has 16 heavy (non-hydrogen) atoms. The van der Waals surface area contributed by atoms with Gasteiger partial charge < -0.3 is 4.98 Å². The number of H-pyrrole nitrogens is 2. The van der Waals surface area contributed by atoms with Crippen molar-refractivity contribution < 1.29 is 0 Å². The summed E-state index contributed by atoms with van der Waals surface area (Å²) < 4.78 is 1.19. The van der Waals surface area contributed by atoms with Gasteiger partial charge in [0.05, 0.1) is 0 Å². The van der Waals surface area contributed by atoms with Gasteiger partial charge in [0.2, 0.25) is 0 Å². The molecule has 0 spiro atoms. The summed E-state index contributed by atoms with van der Waals surface area (Å²) in [6, 6.07) is 1.63. The molecule has 2 aromatic heterocycles. The predicted molar refractivity (Wildman–Crippen MR) is 54.4 cm³/mol. The molecule has 7 heteroatoms. The maximum absolute atomic E-state index is 11.4. The van der Waals surface area contributed by atoms with Gasteiger partial charge in [0.25, 0.3) is 5.56 Å². The number of nitriles is 1. The highest BCUT2D eigenvalue weighted by atomic mass is 16.2. The van der Waals surface area contributed by atoms with Crippen molar-refractivity contribution in [1.82, 2.24) is 19.5 Å². The average Bonchev–Trinajstić information content (AvgIpc) is 2.68. The summed E-state index contributed by atoms with van der Waals surface area (Å²) in [5, 5.41) is 8.27. The first-order chi connectivity index (χ1) is 7.63. The SMILES string of the molecule is Cn1c(=O)[nH]c(=O)c2[nH]c(C#CC#N)nc21. The topological polar surface area (TPSA) is 107 Å². The number of nitrogens with zero attached hydrogens (tertiary/aromatic N) is 3. The third-order valence-corrected chi connectivity index (χ3v) is 1.99. The Hall–Kier alpha value is -2.80. The van der Waals surface area contributed by atoms with Crippen molar-refractivity contribution in [3.8, 4) is 17.9 Å². The summed E-state index contributed by atoms with van der Waals surface area (Å²) in [6.45, 7) is 0. The zero-order chi connectivity index (χ0) is 11.7. The molecule has 0 bridgehead atoms. The van der Waals surface area contributed by atoms with Crippen molar-refractivity contribution in [3.63, 3.8) is 0 Å². The fraction of sp³-hybridized carbons (Fsp3) is 0.111. The highest BCUT2D eigenvalue weighted by Gasteiger charge is 2.08. The van der Waals surface area contributed by atoms with Crippen molar-refractivity contribution in [3.05, 3.63) is 26.7 Å². The summed E-state index contributed by atoms with van der Waals surface area (Å²) in [5.41, 5.74) is -0.750. The molecule has 2 N–H and O–H groups in total. The van der Waals surface area contributed by atoms with Crippen molar-refractivity contribution in [2.75, 3.05) is 0 Å². The van der Waals surface area contributed by atoms with Gasteiger partial charge in [-0.3, -0.25) is 14.3 Å². The van der Waals surface area contributed by atoms with Gasteiger partial charge in [0.1, 0.15) is 0 Å². The average molecular weight is 215 g/mol. The van der Waals surface area contributed by atoms with Crippen LogP contribution in [0, 0.1) is 23.2 Å². The first-order valence-electron chi connectivity index (χ1n) is 4.22. The fourth-order valence-electron chi connectivity index (χ4n) is 1.25. The van der Waals surface area contributed by atoms with Gasteiger partial charge in [-0.25, -0.2) is 9.78 Å². The number of aromatic amines is 2. The summed E-state index contributed by atoms with van der Waals surface area (Å²) in [5.74, 6) is 4.72. The zero-order valence-electron chi connectivity index (χ0n) is 8.16. The van der Waals surface area contributed by atoms with E-state index in [9.17, 15) is 9.59 Å². The van der Waals surface area contributed by atoms with Crippen molar-refractivity contribution >= 4 is 11.2 Å². The largest absolute Gasteiger partial charge is 0.329 e. The zero-order valence-corrected chi connectivity index (χ0v) is 8.16. The lowest BCUT2D eigenvalue weighted by Crippen LogP contribution is -2.28. The summed E-state index contributed by atoms with van der Waals surface area (Å²) >= 11 is 0. The standard InChI is InChI=1S/C9H5N5O2/c1-14-7-6(8(15)13-9(14)16)11-5(12-7)3-2-4-10/h1H3,(H,11,12)(H,13,15,16). The smallest absolute Gasteiger partial charge is 0.325 e. The predicted octanol–water partition coefficient (Wildman–Crippen LogP) is -1.18. The lowest BCUT2D eigenvalue weighted by atomic mass is 10.5. The van der Waals surface area contributed by atoms with Gasteiger partial charge in [-0.2, -0.15) is 5.26 Å². The molecule has 78 valence electrons. The minimum Gasteiger partial charge on any atom is -0.325 e. The summed E-state index contributed by atoms with van der Waals surface area (Å²) in [6.07, 6.45) is 0. The van der Waals surface area contributed by atoms with Crippen LogP contribution in [0.15, 0.2) is 9.59 Å². The Kier molecular flexibility index (Phi) is 2.07. The van der Waals surface area contributed by atoms with E-state index in [1.807, 2.05) is 0 Å². The van der Waals surface area contributed by atoms with E-state index in [0.29, 0.717) is 0 Å². The molecule has 0 aromatic carbocycles. The van der Waals surface area contributed by atoms with Gasteiger partial charge in [-0.15, -0.1) is 0 Å². The van der Waals surface area contributed by atoms with Crippen LogP contribution in [-0.4, -0.2) is 19.5 Å². The summed E-state index contributed by atoms with van der Waals surface area (Å²) in [7, 11) is 1.48. The van der Waals surface area contributed by atoms with E-state index in [-0.39, 0.29) is 17.0 Å². The molecule has 2 aromatic rings. The molecule has 7 nitrogen and oxygen atoms in total. The number of aromatic nitrogens is 4. The molecular formula is C9H5N5O2. The molecule has 0 radical (unpaired) electrons. The van der Waals surface area contributed by atoms with Crippen LogP contribution >= 0.6 is 0 Å². The molecule has 0 unspecified atom stereocenters. The van der Waals surface area contributed by atoms with Crippen LogP contribution in [0.5, 0.6) is 0 Å². The van der Waals surface area contributed by atoms with Gasteiger partial charge in [-0.1, -0.05) is 0 Å². The number of rotatable bonds is 0. The second-order valence-electron chi connectivity index (χ2n) is 2.96. The number of nitrogens with one attached hydrogen (secondary N) is 2. The molecule has 0 aliphatic rings. The Bertz CT molecular complexity index is 775. The van der Waals surface area contributed by atoms with E-state index in [1.54, 1.807) is 6.07 Å². The summed E-state index contributed by atoms with van der Waals surface area (Å²) in [4.78, 5) is 31.3. The lowest BCUT2D eigenvalue weighted by Gasteiger charge is -1.94. The molecule has 0 saturated carbocycles. The Morgan fingerprint density at radius 2 is 2.12 bits per heavy atom. The van der Waals surface area contributed by atoms with Gasteiger partial charge in [0, 0.05) is 13.0 Å². The molecule has 0 aliphatic carbocycles. The van der Waals surface area contributed by atoms with E-state index in [0.717, 1.165) is 0 Å². The molecule has 0 aliphatic heterocycles. The molecule has 0 amide bonds. The second kappa shape index (κ2) is 3.41. The highest BCUT2D eigenvalue weighted by Crippen LogP contribution is 2.01. The van der Waals surface area contributed by atoms with Gasteiger partial charge in [0.15, 0.2) is 23.1 Å². The third kappa shape index (κ3) is 1.37. The molecule has 0 atom stereocenters. The van der Waals surface area contributed by atoms with Crippen LogP contribution in [0.4, 0.5) is 0 Å². The van der Waals surface area contributed by atoms with Crippen molar-refractivity contribution in [2.24, 2.45) is 7.05 Å². The Morgan fingerprint density at radius 3 is 2.81 bits per heavy atom. The number of fused-ring (bicyclic) bond motifs is 1. The number of hydrogen-bond acceptors (Lipinski definition) is 4. The normalized spacial score (nSPS) is 9.50. The molecule has 0 fully saturated rings. The van der Waals surface area contributed by atoms with Crippen LogP contribution in [0.25, 0.3) is 11.2 Å². The molecule has 0 saturated heterocycles. The second-order valence-corrected chi connectivity index (χ2v) is 2.96. The van der Waals surface area contributed by atoms with Crippen LogP contribution < -0.4 is 11.2 Å². The van der Waals surface area contributed by atoms with Crippen LogP contribution in [0.3, 0.4) is 0 Å². The van der Waals surface area contributed by atoms with E-state index >= 15 is 0 Å². The molecule has 2 rings (SSSR count). The highest BCUT2D eigenvalue weighted by molar-refractivity contribution is 5.70. The minimum absolute atomic E-state index is 0.157. The fourth-order valence-corrected chi connectivity index (χ4v) is 1.25. The molecular weight excluding hydrogens is 210 g/mol. The van der Waals surface area contributed by atoms with Crippen molar-refractivity contribution in [1.29, 1.82) is 5.26 Å². The third-order valence-electron chi connectivity index (χ3n) is 1.99. The van der Waals surface area contributed by atoms with Crippen LogP contribution in [0.2, 0.25) is 0 Å². The number of hydrogen-bond donors (Lipinski definition) is 2. The quantitative estimate of drug-likeness (QED) is 0.539. The van der Waals surface area contributed by atoms with Crippen molar-refractivity contribution in [2.45, 2.75) is 0 Å². The van der Waals surface area contributed by atoms with E-state index in [4.69, 9.17) is 5.26 Å². The van der Waals surface area contributed by atoms with Crippen LogP contribution in [0.1, 0.15) is 5.82 Å². The van der Waals surface area contributed by atoms with Gasteiger partial charge >= 0.3 is 5.69 Å². The lowest BCUT2D eigenvalue weighted by molar-refractivity contribution is 0.832. The van der Waals surface area contributed by atoms with E-state index < -0.39 is 11.2 Å². The van der Waals surface area contributed by atoms with Gasteiger partial charge in [-0.05, 0) is 5.92 Å². The molecule has 2 heterocycles. The number of imidazole rings is 1. The maximum Gasteiger partial charge on any atom is 0.329 e. The Balaban J connectivity index is 2.86.